The zero-order valence-corrected chi connectivity index (χ0v) is 22.8. The number of likely N-dealkylation sites (tertiary alicyclic amines) is 1. The molecule has 210 valence electrons. The summed E-state index contributed by atoms with van der Waals surface area (Å²) in [6.45, 7) is 7.35. The Kier molecular flexibility index (Phi) is 7.22. The fourth-order valence-corrected chi connectivity index (χ4v) is 6.11. The molecular weight excluding hydrogens is 538 g/mol. The Morgan fingerprint density at radius 1 is 1.10 bits per heavy atom. The van der Waals surface area contributed by atoms with Crippen LogP contribution in [0.25, 0.3) is 22.0 Å². The molecule has 0 radical (unpaired) electrons. The van der Waals surface area contributed by atoms with Crippen LogP contribution in [0.5, 0.6) is 5.75 Å². The van der Waals surface area contributed by atoms with Gasteiger partial charge in [-0.1, -0.05) is 24.2 Å². The van der Waals surface area contributed by atoms with Gasteiger partial charge in [0.2, 0.25) is 11.9 Å². The average molecular weight is 569 g/mol. The maximum atomic E-state index is 16.3. The van der Waals surface area contributed by atoms with Crippen molar-refractivity contribution in [2.75, 3.05) is 49.5 Å². The molecule has 1 saturated carbocycles. The van der Waals surface area contributed by atoms with Gasteiger partial charge in [0, 0.05) is 55.8 Å². The van der Waals surface area contributed by atoms with Crippen molar-refractivity contribution in [3.8, 4) is 16.9 Å². The molecule has 1 amide bonds. The van der Waals surface area contributed by atoms with Crippen LogP contribution in [0.4, 0.5) is 20.5 Å². The first-order valence-corrected chi connectivity index (χ1v) is 14.1. The molecule has 0 bridgehead atoms. The second-order valence-electron chi connectivity index (χ2n) is 10.7. The molecule has 3 heterocycles. The van der Waals surface area contributed by atoms with Gasteiger partial charge in [-0.15, -0.1) is 0 Å². The quantitative estimate of drug-likeness (QED) is 0.413. The van der Waals surface area contributed by atoms with Crippen molar-refractivity contribution in [1.29, 1.82) is 0 Å². The van der Waals surface area contributed by atoms with Gasteiger partial charge < -0.3 is 20.2 Å². The van der Waals surface area contributed by atoms with Crippen LogP contribution >= 0.6 is 11.6 Å². The molecule has 1 atom stereocenters. The van der Waals surface area contributed by atoms with Gasteiger partial charge in [0.25, 0.3) is 0 Å². The predicted molar refractivity (Wildman–Crippen MR) is 152 cm³/mol. The fourth-order valence-electron chi connectivity index (χ4n) is 5.82. The molecule has 1 aliphatic carbocycles. The van der Waals surface area contributed by atoms with E-state index in [1.54, 1.807) is 4.90 Å². The third kappa shape index (κ3) is 5.06. The number of nitrogens with one attached hydrogen (secondary N) is 1. The number of aromatic nitrogens is 2. The number of carbonyl (C=O) groups excluding carboxylic acids is 1. The number of halogens is 3. The highest BCUT2D eigenvalue weighted by atomic mass is 35.5. The lowest BCUT2D eigenvalue weighted by Gasteiger charge is -2.36. The summed E-state index contributed by atoms with van der Waals surface area (Å²) in [6, 6.07) is 6.04. The van der Waals surface area contributed by atoms with E-state index in [2.05, 4.69) is 21.8 Å². The van der Waals surface area contributed by atoms with Crippen LogP contribution in [0.15, 0.2) is 36.9 Å². The van der Waals surface area contributed by atoms with Gasteiger partial charge in [-0.25, -0.2) is 13.8 Å². The number of nitrogens with zero attached hydrogens (tertiary/aromatic N) is 5. The van der Waals surface area contributed by atoms with Gasteiger partial charge in [-0.05, 0) is 56.5 Å². The van der Waals surface area contributed by atoms with Crippen LogP contribution < -0.4 is 10.2 Å². The van der Waals surface area contributed by atoms with Crippen molar-refractivity contribution in [3.05, 3.63) is 53.6 Å². The predicted octanol–water partition coefficient (Wildman–Crippen LogP) is 4.81. The van der Waals surface area contributed by atoms with Gasteiger partial charge >= 0.3 is 0 Å². The highest BCUT2D eigenvalue weighted by Gasteiger charge is 2.33. The van der Waals surface area contributed by atoms with E-state index < -0.39 is 17.4 Å². The van der Waals surface area contributed by atoms with Gasteiger partial charge in [0.15, 0.2) is 5.82 Å². The zero-order valence-electron chi connectivity index (χ0n) is 22.0. The molecule has 8 nitrogen and oxygen atoms in total. The maximum Gasteiger partial charge on any atom is 0.246 e. The number of hydrogen-bond donors (Lipinski definition) is 2. The molecular formula is C29H31ClF2N6O2. The lowest BCUT2D eigenvalue weighted by Crippen LogP contribution is -2.48. The second-order valence-corrected chi connectivity index (χ2v) is 11.1. The summed E-state index contributed by atoms with van der Waals surface area (Å²) >= 11 is 6.55. The SMILES string of the molecule is C=CC(=O)N1CCN(c2nc(NC3CCCN(C4CC4)C3)nc3c(F)c(-c4c(O)cccc4F)c(Cl)cc23)CC1. The van der Waals surface area contributed by atoms with Crippen molar-refractivity contribution >= 4 is 40.2 Å². The Morgan fingerprint density at radius 2 is 1.88 bits per heavy atom. The molecule has 1 aromatic heterocycles. The van der Waals surface area contributed by atoms with Crippen LogP contribution in [0, 0.1) is 11.6 Å². The first-order chi connectivity index (χ1) is 19.3. The number of rotatable bonds is 6. The Balaban J connectivity index is 1.43. The molecule has 3 fully saturated rings. The molecule has 3 aromatic rings. The highest BCUT2D eigenvalue weighted by Crippen LogP contribution is 2.42. The van der Waals surface area contributed by atoms with E-state index in [0.717, 1.165) is 32.0 Å². The van der Waals surface area contributed by atoms with Gasteiger partial charge in [0.05, 0.1) is 10.6 Å². The zero-order chi connectivity index (χ0) is 28.0. The lowest BCUT2D eigenvalue weighted by molar-refractivity contribution is -0.126. The van der Waals surface area contributed by atoms with Crippen molar-refractivity contribution in [2.24, 2.45) is 0 Å². The van der Waals surface area contributed by atoms with E-state index in [0.29, 0.717) is 43.4 Å². The molecule has 2 N–H and O–H groups in total. The normalized spacial score (nSPS) is 20.1. The van der Waals surface area contributed by atoms with E-state index in [4.69, 9.17) is 16.6 Å². The number of benzene rings is 2. The van der Waals surface area contributed by atoms with Crippen molar-refractivity contribution < 1.29 is 18.7 Å². The van der Waals surface area contributed by atoms with Crippen LogP contribution in [0.3, 0.4) is 0 Å². The van der Waals surface area contributed by atoms with Gasteiger partial charge in [0.1, 0.15) is 22.9 Å². The Bertz CT molecular complexity index is 1450. The smallest absolute Gasteiger partial charge is 0.246 e. The first-order valence-electron chi connectivity index (χ1n) is 13.7. The number of piperidine rings is 1. The van der Waals surface area contributed by atoms with Crippen molar-refractivity contribution in [1.82, 2.24) is 19.8 Å². The fraction of sp³-hybridized carbons (Fsp3) is 0.414. The Labute approximate surface area is 236 Å². The summed E-state index contributed by atoms with van der Waals surface area (Å²) in [5, 5.41) is 14.1. The van der Waals surface area contributed by atoms with E-state index in [1.807, 2.05) is 4.90 Å². The average Bonchev–Trinajstić information content (AvgIpc) is 3.80. The number of aromatic hydroxyl groups is 1. The molecule has 6 rings (SSSR count). The van der Waals surface area contributed by atoms with Gasteiger partial charge in [-0.2, -0.15) is 4.98 Å². The topological polar surface area (TPSA) is 84.8 Å². The standard InChI is InChI=1S/C29H31ClF2N6O2/c1-2-23(40)36-11-13-37(14-12-36)28-19-15-20(30)24(25-21(31)6-3-7-22(25)39)26(32)27(19)34-29(35-28)33-17-5-4-10-38(16-17)18-8-9-18/h2-3,6-7,15,17-18,39H,1,4-5,8-14,16H2,(H,33,34,35). The number of carbonyl (C=O) groups is 1. The van der Waals surface area contributed by atoms with Crippen molar-refractivity contribution in [2.45, 2.75) is 37.8 Å². The minimum atomic E-state index is -0.835. The Morgan fingerprint density at radius 3 is 2.58 bits per heavy atom. The van der Waals surface area contributed by atoms with E-state index in [1.165, 1.54) is 37.1 Å². The summed E-state index contributed by atoms with van der Waals surface area (Å²) in [7, 11) is 0. The van der Waals surface area contributed by atoms with Crippen LogP contribution in [-0.2, 0) is 4.79 Å². The van der Waals surface area contributed by atoms with Crippen LogP contribution in [-0.4, -0.2) is 82.1 Å². The number of phenolic OH excluding ortho intramolecular Hbond substituents is 1. The number of phenols is 1. The minimum Gasteiger partial charge on any atom is -0.507 e. The summed E-state index contributed by atoms with van der Waals surface area (Å²) in [4.78, 5) is 27.7. The molecule has 3 aliphatic rings. The van der Waals surface area contributed by atoms with E-state index >= 15 is 4.39 Å². The maximum absolute atomic E-state index is 16.3. The minimum absolute atomic E-state index is 0.0194. The summed E-state index contributed by atoms with van der Waals surface area (Å²) in [6.07, 6.45) is 5.73. The third-order valence-corrected chi connectivity index (χ3v) is 8.32. The molecule has 2 aromatic carbocycles. The lowest BCUT2D eigenvalue weighted by atomic mass is 10.0. The van der Waals surface area contributed by atoms with E-state index in [-0.39, 0.29) is 39.6 Å². The molecule has 40 heavy (non-hydrogen) atoms. The van der Waals surface area contributed by atoms with Crippen LogP contribution in [0.2, 0.25) is 5.02 Å². The summed E-state index contributed by atoms with van der Waals surface area (Å²) in [5.41, 5.74) is -0.584. The summed E-state index contributed by atoms with van der Waals surface area (Å²) < 4.78 is 31.1. The molecule has 1 unspecified atom stereocenters. The third-order valence-electron chi connectivity index (χ3n) is 8.02. The van der Waals surface area contributed by atoms with E-state index in [9.17, 15) is 14.3 Å². The van der Waals surface area contributed by atoms with Gasteiger partial charge in [-0.3, -0.25) is 9.69 Å². The van der Waals surface area contributed by atoms with Crippen LogP contribution in [0.1, 0.15) is 25.7 Å². The number of anilines is 2. The number of hydrogen-bond acceptors (Lipinski definition) is 7. The first kappa shape index (κ1) is 26.7. The summed E-state index contributed by atoms with van der Waals surface area (Å²) in [5.74, 6) is -1.43. The molecule has 11 heteroatoms. The molecule has 2 saturated heterocycles. The number of fused-ring (bicyclic) bond motifs is 1. The number of piperazine rings is 1. The molecule has 0 spiro atoms. The second kappa shape index (κ2) is 10.8. The highest BCUT2D eigenvalue weighted by molar-refractivity contribution is 6.34. The molecule has 2 aliphatic heterocycles. The Hall–Kier alpha value is -3.50. The largest absolute Gasteiger partial charge is 0.507 e. The monoisotopic (exact) mass is 568 g/mol. The van der Waals surface area contributed by atoms with Crippen molar-refractivity contribution in [3.63, 3.8) is 0 Å². The number of amides is 1.